The molecule has 1 aromatic carbocycles. The van der Waals surface area contributed by atoms with E-state index in [1.54, 1.807) is 6.07 Å². The highest BCUT2D eigenvalue weighted by atomic mass is 35.5. The molecular formula is C13H9ClFN5O. The second kappa shape index (κ2) is 6.17. The van der Waals surface area contributed by atoms with Crippen LogP contribution in [0.2, 0.25) is 5.15 Å². The Morgan fingerprint density at radius 2 is 2.14 bits per heavy atom. The summed E-state index contributed by atoms with van der Waals surface area (Å²) in [6.07, 6.45) is 0. The molecule has 21 heavy (non-hydrogen) atoms. The maximum Gasteiger partial charge on any atom is 0.255 e. The van der Waals surface area contributed by atoms with Crippen LogP contribution in [-0.2, 0) is 0 Å². The number of nitrogens with two attached hydrogens (primary N) is 1. The van der Waals surface area contributed by atoms with Gasteiger partial charge in [-0.05, 0) is 30.3 Å². The van der Waals surface area contributed by atoms with E-state index in [4.69, 9.17) is 22.7 Å². The summed E-state index contributed by atoms with van der Waals surface area (Å²) < 4.78 is 13.2. The van der Waals surface area contributed by atoms with Crippen LogP contribution in [0.1, 0.15) is 15.9 Å². The second-order valence-corrected chi connectivity index (χ2v) is 4.36. The normalized spacial score (nSPS) is 9.81. The number of hydrogen-bond acceptors (Lipinski definition) is 5. The van der Waals surface area contributed by atoms with Crippen molar-refractivity contribution in [2.45, 2.75) is 0 Å². The van der Waals surface area contributed by atoms with Crippen LogP contribution in [-0.4, -0.2) is 10.9 Å². The lowest BCUT2D eigenvalue weighted by atomic mass is 10.2. The van der Waals surface area contributed by atoms with Gasteiger partial charge in [-0.3, -0.25) is 4.79 Å². The molecule has 2 aromatic rings. The highest BCUT2D eigenvalue weighted by Gasteiger charge is 2.11. The third-order valence-corrected chi connectivity index (χ3v) is 2.74. The largest absolute Gasteiger partial charge is 0.322 e. The monoisotopic (exact) mass is 305 g/mol. The van der Waals surface area contributed by atoms with Crippen LogP contribution < -0.4 is 16.6 Å². The molecule has 0 fully saturated rings. The first-order valence-corrected chi connectivity index (χ1v) is 6.06. The zero-order valence-corrected chi connectivity index (χ0v) is 11.3. The molecule has 4 N–H and O–H groups in total. The summed E-state index contributed by atoms with van der Waals surface area (Å²) in [5.74, 6) is 4.29. The zero-order valence-electron chi connectivity index (χ0n) is 10.5. The number of nitrogens with one attached hydrogen (secondary N) is 2. The zero-order chi connectivity index (χ0) is 15.4. The Kier molecular flexibility index (Phi) is 4.33. The van der Waals surface area contributed by atoms with E-state index < -0.39 is 11.7 Å². The molecule has 0 radical (unpaired) electrons. The SMILES string of the molecule is N#Cc1cc(NC(=O)c2cc(Cl)nc(NN)c2)ccc1F. The van der Waals surface area contributed by atoms with Gasteiger partial charge in [-0.25, -0.2) is 15.2 Å². The van der Waals surface area contributed by atoms with Crippen LogP contribution >= 0.6 is 11.6 Å². The van der Waals surface area contributed by atoms with E-state index in [-0.39, 0.29) is 27.8 Å². The first-order valence-electron chi connectivity index (χ1n) is 5.68. The summed E-state index contributed by atoms with van der Waals surface area (Å²) >= 11 is 5.76. The van der Waals surface area contributed by atoms with Gasteiger partial charge >= 0.3 is 0 Å². The van der Waals surface area contributed by atoms with Crippen molar-refractivity contribution < 1.29 is 9.18 Å². The van der Waals surface area contributed by atoms with E-state index in [9.17, 15) is 9.18 Å². The fourth-order valence-corrected chi connectivity index (χ4v) is 1.80. The van der Waals surface area contributed by atoms with Crippen LogP contribution in [0.15, 0.2) is 30.3 Å². The van der Waals surface area contributed by atoms with Crippen LogP contribution in [0, 0.1) is 17.1 Å². The molecule has 0 saturated carbocycles. The maximum absolute atomic E-state index is 13.2. The van der Waals surface area contributed by atoms with Gasteiger partial charge in [-0.1, -0.05) is 11.6 Å². The number of benzene rings is 1. The van der Waals surface area contributed by atoms with Crippen molar-refractivity contribution in [3.63, 3.8) is 0 Å². The van der Waals surface area contributed by atoms with Crippen molar-refractivity contribution in [1.82, 2.24) is 4.98 Å². The molecule has 0 saturated heterocycles. The Hall–Kier alpha value is -2.69. The molecule has 106 valence electrons. The number of anilines is 2. The first-order chi connectivity index (χ1) is 10.0. The molecule has 0 bridgehead atoms. The molecule has 8 heteroatoms. The van der Waals surface area contributed by atoms with Crippen molar-refractivity contribution in [2.75, 3.05) is 10.7 Å². The van der Waals surface area contributed by atoms with Crippen LogP contribution in [0.5, 0.6) is 0 Å². The average Bonchev–Trinajstić information content (AvgIpc) is 2.48. The van der Waals surface area contributed by atoms with Gasteiger partial charge in [0.2, 0.25) is 0 Å². The molecule has 1 heterocycles. The fourth-order valence-electron chi connectivity index (χ4n) is 1.59. The predicted molar refractivity (Wildman–Crippen MR) is 76.1 cm³/mol. The number of nitrogen functional groups attached to an aromatic ring is 1. The molecule has 0 unspecified atom stereocenters. The number of nitrogens with zero attached hydrogens (tertiary/aromatic N) is 2. The summed E-state index contributed by atoms with van der Waals surface area (Å²) in [5.41, 5.74) is 2.62. The lowest BCUT2D eigenvalue weighted by Gasteiger charge is -2.07. The Balaban J connectivity index is 2.26. The predicted octanol–water partition coefficient (Wildman–Crippen LogP) is 2.28. The first kappa shape index (κ1) is 14.7. The summed E-state index contributed by atoms with van der Waals surface area (Å²) in [5, 5.41) is 11.4. The smallest absolute Gasteiger partial charge is 0.255 e. The standard InChI is InChI=1S/C13H9ClFN5O/c14-11-4-7(5-12(19-11)20-17)13(21)18-9-1-2-10(15)8(3-9)6-16/h1-5H,17H2,(H,18,21)(H,19,20). The van der Waals surface area contributed by atoms with Crippen molar-refractivity contribution in [3.8, 4) is 6.07 Å². The summed E-state index contributed by atoms with van der Waals surface area (Å²) in [4.78, 5) is 15.9. The minimum atomic E-state index is -0.655. The fraction of sp³-hybridized carbons (Fsp3) is 0. The number of hydrazine groups is 1. The summed E-state index contributed by atoms with van der Waals surface area (Å²) in [7, 11) is 0. The molecule has 1 amide bonds. The quantitative estimate of drug-likeness (QED) is 0.458. The number of carbonyl (C=O) groups excluding carboxylic acids is 1. The van der Waals surface area contributed by atoms with Gasteiger partial charge in [0.05, 0.1) is 5.56 Å². The van der Waals surface area contributed by atoms with Crippen LogP contribution in [0.3, 0.4) is 0 Å². The third kappa shape index (κ3) is 3.45. The maximum atomic E-state index is 13.2. The van der Waals surface area contributed by atoms with Crippen LogP contribution in [0.4, 0.5) is 15.9 Å². The number of aromatic nitrogens is 1. The minimum Gasteiger partial charge on any atom is -0.322 e. The number of hydrogen-bond donors (Lipinski definition) is 3. The van der Waals surface area contributed by atoms with Crippen molar-refractivity contribution in [3.05, 3.63) is 52.4 Å². The van der Waals surface area contributed by atoms with E-state index >= 15 is 0 Å². The van der Waals surface area contributed by atoms with Crippen LogP contribution in [0.25, 0.3) is 0 Å². The molecule has 6 nitrogen and oxygen atoms in total. The Morgan fingerprint density at radius 3 is 2.81 bits per heavy atom. The highest BCUT2D eigenvalue weighted by molar-refractivity contribution is 6.30. The molecule has 2 rings (SSSR count). The molecule has 0 aliphatic heterocycles. The minimum absolute atomic E-state index is 0.0902. The number of carbonyl (C=O) groups is 1. The van der Waals surface area contributed by atoms with E-state index in [1.165, 1.54) is 24.3 Å². The van der Waals surface area contributed by atoms with E-state index in [2.05, 4.69) is 15.7 Å². The number of rotatable bonds is 3. The summed E-state index contributed by atoms with van der Waals surface area (Å²) in [6, 6.07) is 8.12. The van der Waals surface area contributed by atoms with Gasteiger partial charge in [0.15, 0.2) is 0 Å². The molecule has 0 spiro atoms. The van der Waals surface area contributed by atoms with Gasteiger partial charge in [0, 0.05) is 11.3 Å². The number of nitriles is 1. The number of amides is 1. The Bertz CT molecular complexity index is 744. The number of halogens is 2. The summed E-state index contributed by atoms with van der Waals surface area (Å²) in [6.45, 7) is 0. The van der Waals surface area contributed by atoms with Crippen molar-refractivity contribution >= 4 is 29.0 Å². The van der Waals surface area contributed by atoms with E-state index in [0.29, 0.717) is 0 Å². The van der Waals surface area contributed by atoms with Gasteiger partial charge in [-0.15, -0.1) is 0 Å². The molecule has 0 aliphatic carbocycles. The molecule has 0 aliphatic rings. The second-order valence-electron chi connectivity index (χ2n) is 3.97. The van der Waals surface area contributed by atoms with E-state index in [0.717, 1.165) is 6.07 Å². The third-order valence-electron chi connectivity index (χ3n) is 2.55. The highest BCUT2D eigenvalue weighted by Crippen LogP contribution is 2.17. The van der Waals surface area contributed by atoms with Gasteiger partial charge < -0.3 is 10.7 Å². The average molecular weight is 306 g/mol. The van der Waals surface area contributed by atoms with E-state index in [1.807, 2.05) is 0 Å². The Morgan fingerprint density at radius 1 is 1.38 bits per heavy atom. The van der Waals surface area contributed by atoms with Crippen molar-refractivity contribution in [2.24, 2.45) is 5.84 Å². The Labute approximate surface area is 124 Å². The lowest BCUT2D eigenvalue weighted by molar-refractivity contribution is 0.102. The molecule has 1 aromatic heterocycles. The molecular weight excluding hydrogens is 297 g/mol. The number of pyridine rings is 1. The topological polar surface area (TPSA) is 104 Å². The lowest BCUT2D eigenvalue weighted by Crippen LogP contribution is -2.14. The van der Waals surface area contributed by atoms with Crippen molar-refractivity contribution in [1.29, 1.82) is 5.26 Å². The van der Waals surface area contributed by atoms with Gasteiger partial charge in [0.1, 0.15) is 22.9 Å². The van der Waals surface area contributed by atoms with Gasteiger partial charge in [0.25, 0.3) is 5.91 Å². The molecule has 0 atom stereocenters. The van der Waals surface area contributed by atoms with Gasteiger partial charge in [-0.2, -0.15) is 5.26 Å².